The number of carbonyl (C=O) groups excluding carboxylic acids is 2. The molecule has 3 rings (SSSR count). The van der Waals surface area contributed by atoms with E-state index in [4.69, 9.17) is 14.6 Å². The van der Waals surface area contributed by atoms with Crippen molar-refractivity contribution in [3.05, 3.63) is 70.1 Å². The molecular weight excluding hydrogens is 390 g/mol. The van der Waals surface area contributed by atoms with Crippen LogP contribution in [0.25, 0.3) is 10.8 Å². The third-order valence-corrected chi connectivity index (χ3v) is 4.36. The number of hydrogen-bond donors (Lipinski definition) is 2. The monoisotopic (exact) mass is 411 g/mol. The van der Waals surface area contributed by atoms with Crippen molar-refractivity contribution >= 4 is 22.6 Å². The second kappa shape index (κ2) is 9.66. The molecule has 1 aromatic heterocycles. The van der Waals surface area contributed by atoms with E-state index >= 15 is 0 Å². The standard InChI is InChI=1S/C21H21N3O6/c1-29-15-8-6-14(7-9-15)12-22-18(26)13-30-21(28)19-16-4-2-3-5-17(16)20(27)24(23-19)10-11-25/h2-9,25H,10-13H2,1H3,(H,22,26). The lowest BCUT2D eigenvalue weighted by Gasteiger charge is -2.10. The predicted molar refractivity (Wildman–Crippen MR) is 108 cm³/mol. The predicted octanol–water partition coefficient (Wildman–Crippen LogP) is 0.871. The maximum absolute atomic E-state index is 12.5. The van der Waals surface area contributed by atoms with Crippen molar-refractivity contribution in [2.24, 2.45) is 0 Å². The first-order valence-corrected chi connectivity index (χ1v) is 9.21. The van der Waals surface area contributed by atoms with Crippen molar-refractivity contribution in [2.45, 2.75) is 13.1 Å². The third kappa shape index (κ3) is 4.81. The number of amides is 1. The van der Waals surface area contributed by atoms with Gasteiger partial charge in [0.05, 0.1) is 25.6 Å². The molecule has 1 amide bonds. The largest absolute Gasteiger partial charge is 0.497 e. The number of nitrogens with one attached hydrogen (secondary N) is 1. The minimum atomic E-state index is -0.836. The summed E-state index contributed by atoms with van der Waals surface area (Å²) in [5.41, 5.74) is 0.342. The Morgan fingerprint density at radius 2 is 1.80 bits per heavy atom. The minimum Gasteiger partial charge on any atom is -0.497 e. The van der Waals surface area contributed by atoms with E-state index in [1.807, 2.05) is 12.1 Å². The second-order valence-corrected chi connectivity index (χ2v) is 6.35. The summed E-state index contributed by atoms with van der Waals surface area (Å²) >= 11 is 0. The van der Waals surface area contributed by atoms with Crippen molar-refractivity contribution in [2.75, 3.05) is 20.3 Å². The number of carbonyl (C=O) groups is 2. The fraction of sp³-hybridized carbons (Fsp3) is 0.238. The van der Waals surface area contributed by atoms with Crippen molar-refractivity contribution < 1.29 is 24.2 Å². The molecule has 30 heavy (non-hydrogen) atoms. The number of ether oxygens (including phenoxy) is 2. The highest BCUT2D eigenvalue weighted by Crippen LogP contribution is 2.14. The summed E-state index contributed by atoms with van der Waals surface area (Å²) in [5, 5.41) is 16.4. The summed E-state index contributed by atoms with van der Waals surface area (Å²) < 4.78 is 11.2. The highest BCUT2D eigenvalue weighted by atomic mass is 16.5. The number of methoxy groups -OCH3 is 1. The van der Waals surface area contributed by atoms with Gasteiger partial charge in [-0.05, 0) is 23.8 Å². The molecule has 0 saturated heterocycles. The van der Waals surface area contributed by atoms with Gasteiger partial charge in [0, 0.05) is 11.9 Å². The van der Waals surface area contributed by atoms with E-state index in [2.05, 4.69) is 10.4 Å². The first-order valence-electron chi connectivity index (χ1n) is 9.21. The molecule has 156 valence electrons. The Kier molecular flexibility index (Phi) is 6.76. The van der Waals surface area contributed by atoms with Gasteiger partial charge in [-0.3, -0.25) is 9.59 Å². The molecule has 0 aliphatic heterocycles. The van der Waals surface area contributed by atoms with Gasteiger partial charge in [0.2, 0.25) is 0 Å². The molecule has 0 unspecified atom stereocenters. The van der Waals surface area contributed by atoms with Crippen LogP contribution in [0, 0.1) is 0 Å². The third-order valence-electron chi connectivity index (χ3n) is 4.36. The topological polar surface area (TPSA) is 120 Å². The van der Waals surface area contributed by atoms with Crippen LogP contribution >= 0.6 is 0 Å². The molecule has 0 aliphatic carbocycles. The van der Waals surface area contributed by atoms with Crippen LogP contribution in [0.4, 0.5) is 0 Å². The van der Waals surface area contributed by atoms with Gasteiger partial charge in [-0.2, -0.15) is 5.10 Å². The molecule has 2 N–H and O–H groups in total. The molecule has 0 fully saturated rings. The quantitative estimate of drug-likeness (QED) is 0.528. The van der Waals surface area contributed by atoms with Crippen molar-refractivity contribution in [3.63, 3.8) is 0 Å². The zero-order valence-electron chi connectivity index (χ0n) is 16.3. The lowest BCUT2D eigenvalue weighted by atomic mass is 10.1. The first kappa shape index (κ1) is 21.0. The average molecular weight is 411 g/mol. The van der Waals surface area contributed by atoms with Crippen LogP contribution < -0.4 is 15.6 Å². The van der Waals surface area contributed by atoms with Crippen LogP contribution in [0.1, 0.15) is 16.1 Å². The Hall–Kier alpha value is -3.72. The molecule has 2 aromatic carbocycles. The van der Waals surface area contributed by atoms with Crippen molar-refractivity contribution in [1.29, 1.82) is 0 Å². The molecule has 3 aromatic rings. The fourth-order valence-corrected chi connectivity index (χ4v) is 2.83. The van der Waals surface area contributed by atoms with Crippen LogP contribution in [-0.4, -0.2) is 47.1 Å². The Balaban J connectivity index is 1.66. The summed E-state index contributed by atoms with van der Waals surface area (Å²) in [6.07, 6.45) is 0. The number of benzene rings is 2. The number of esters is 1. The van der Waals surface area contributed by atoms with E-state index < -0.39 is 24.0 Å². The van der Waals surface area contributed by atoms with E-state index in [-0.39, 0.29) is 30.8 Å². The number of fused-ring (bicyclic) bond motifs is 1. The molecule has 1 heterocycles. The first-order chi connectivity index (χ1) is 14.5. The van der Waals surface area contributed by atoms with Gasteiger partial charge in [0.15, 0.2) is 12.3 Å². The highest BCUT2D eigenvalue weighted by Gasteiger charge is 2.18. The molecule has 0 atom stereocenters. The smallest absolute Gasteiger partial charge is 0.359 e. The van der Waals surface area contributed by atoms with Crippen molar-refractivity contribution in [3.8, 4) is 5.75 Å². The summed E-state index contributed by atoms with van der Waals surface area (Å²) in [5.74, 6) is -0.606. The van der Waals surface area contributed by atoms with Gasteiger partial charge in [-0.25, -0.2) is 9.48 Å². The van der Waals surface area contributed by atoms with Gasteiger partial charge in [0.25, 0.3) is 11.5 Å². The molecule has 9 heteroatoms. The van der Waals surface area contributed by atoms with Crippen LogP contribution in [0.5, 0.6) is 5.75 Å². The summed E-state index contributed by atoms with van der Waals surface area (Å²) in [6, 6.07) is 13.6. The number of aromatic nitrogens is 2. The Labute approximate surface area is 171 Å². The summed E-state index contributed by atoms with van der Waals surface area (Å²) in [4.78, 5) is 36.9. The van der Waals surface area contributed by atoms with E-state index in [9.17, 15) is 14.4 Å². The van der Waals surface area contributed by atoms with E-state index in [0.717, 1.165) is 10.2 Å². The van der Waals surface area contributed by atoms with Crippen LogP contribution in [-0.2, 0) is 22.6 Å². The van der Waals surface area contributed by atoms with Gasteiger partial charge in [-0.15, -0.1) is 0 Å². The molecule has 0 saturated carbocycles. The maximum atomic E-state index is 12.5. The highest BCUT2D eigenvalue weighted by molar-refractivity contribution is 6.02. The summed E-state index contributed by atoms with van der Waals surface area (Å²) in [7, 11) is 1.57. The maximum Gasteiger partial charge on any atom is 0.359 e. The van der Waals surface area contributed by atoms with Crippen LogP contribution in [0.15, 0.2) is 53.3 Å². The Morgan fingerprint density at radius 1 is 1.10 bits per heavy atom. The number of aliphatic hydroxyl groups is 1. The zero-order chi connectivity index (χ0) is 21.5. The lowest BCUT2D eigenvalue weighted by molar-refractivity contribution is -0.124. The van der Waals surface area contributed by atoms with E-state index in [1.54, 1.807) is 43.5 Å². The fourth-order valence-electron chi connectivity index (χ4n) is 2.83. The molecule has 0 aliphatic rings. The zero-order valence-corrected chi connectivity index (χ0v) is 16.3. The van der Waals surface area contributed by atoms with E-state index in [0.29, 0.717) is 11.1 Å². The molecular formula is C21H21N3O6. The van der Waals surface area contributed by atoms with Gasteiger partial charge < -0.3 is 19.9 Å². The lowest BCUT2D eigenvalue weighted by Crippen LogP contribution is -2.30. The molecule has 9 nitrogen and oxygen atoms in total. The number of nitrogens with zero attached hydrogens (tertiary/aromatic N) is 2. The van der Waals surface area contributed by atoms with Crippen LogP contribution in [0.3, 0.4) is 0 Å². The Bertz CT molecular complexity index is 1110. The molecule has 0 spiro atoms. The summed E-state index contributed by atoms with van der Waals surface area (Å²) in [6.45, 7) is -0.604. The van der Waals surface area contributed by atoms with Gasteiger partial charge >= 0.3 is 5.97 Å². The van der Waals surface area contributed by atoms with Gasteiger partial charge in [-0.1, -0.05) is 30.3 Å². The minimum absolute atomic E-state index is 0.0632. The SMILES string of the molecule is COc1ccc(CNC(=O)COC(=O)c2nn(CCO)c(=O)c3ccccc23)cc1. The van der Waals surface area contributed by atoms with Gasteiger partial charge in [0.1, 0.15) is 5.75 Å². The number of aliphatic hydroxyl groups excluding tert-OH is 1. The van der Waals surface area contributed by atoms with Crippen molar-refractivity contribution in [1.82, 2.24) is 15.1 Å². The number of rotatable bonds is 8. The van der Waals surface area contributed by atoms with E-state index in [1.165, 1.54) is 0 Å². The molecule has 0 bridgehead atoms. The second-order valence-electron chi connectivity index (χ2n) is 6.35. The normalized spacial score (nSPS) is 10.6. The van der Waals surface area contributed by atoms with Crippen LogP contribution in [0.2, 0.25) is 0 Å². The average Bonchev–Trinajstić information content (AvgIpc) is 2.78. The Morgan fingerprint density at radius 3 is 2.47 bits per heavy atom. The number of hydrogen-bond acceptors (Lipinski definition) is 7. The molecule has 0 radical (unpaired) electrons.